The Morgan fingerprint density at radius 3 is 2.50 bits per heavy atom. The van der Waals surface area contributed by atoms with Gasteiger partial charge >= 0.3 is 12.1 Å². The van der Waals surface area contributed by atoms with Gasteiger partial charge in [-0.05, 0) is 63.9 Å². The first kappa shape index (κ1) is 32.5. The number of ether oxygens (including phenoxy) is 5. The van der Waals surface area contributed by atoms with Crippen LogP contribution in [0.5, 0.6) is 0 Å². The first-order valence-corrected chi connectivity index (χ1v) is 16.0. The maximum Gasteiger partial charge on any atom is 0.409 e. The molecule has 4 aliphatic rings. The number of esters is 1. The molecule has 42 heavy (non-hydrogen) atoms. The van der Waals surface area contributed by atoms with Gasteiger partial charge in [0.1, 0.15) is 6.10 Å². The van der Waals surface area contributed by atoms with Gasteiger partial charge in [0.05, 0.1) is 50.7 Å². The second kappa shape index (κ2) is 17.0. The van der Waals surface area contributed by atoms with Crippen LogP contribution in [-0.4, -0.2) is 80.4 Å². The third-order valence-corrected chi connectivity index (χ3v) is 8.62. The van der Waals surface area contributed by atoms with E-state index in [2.05, 4.69) is 39.0 Å². The third-order valence-electron chi connectivity index (χ3n) is 8.62. The molecule has 4 aliphatic heterocycles. The molecule has 8 heteroatoms. The van der Waals surface area contributed by atoms with Gasteiger partial charge in [-0.25, -0.2) is 4.79 Å². The second-order valence-corrected chi connectivity index (χ2v) is 12.2. The van der Waals surface area contributed by atoms with Crippen LogP contribution in [0.25, 0.3) is 0 Å². The van der Waals surface area contributed by atoms with E-state index >= 15 is 0 Å². The molecule has 0 aromatic heterocycles. The first-order valence-electron chi connectivity index (χ1n) is 16.0. The largest absolute Gasteiger partial charge is 0.457 e. The van der Waals surface area contributed by atoms with Crippen LogP contribution in [0.1, 0.15) is 78.6 Å². The van der Waals surface area contributed by atoms with Gasteiger partial charge in [0.25, 0.3) is 0 Å². The molecule has 4 bridgehead atoms. The minimum atomic E-state index is -0.395. The minimum Gasteiger partial charge on any atom is -0.457 e. The fourth-order valence-electron chi connectivity index (χ4n) is 6.23. The number of rotatable bonds is 5. The van der Waals surface area contributed by atoms with Crippen molar-refractivity contribution in [3.05, 3.63) is 48.1 Å². The molecule has 4 rings (SSSR count). The van der Waals surface area contributed by atoms with Crippen LogP contribution in [-0.2, 0) is 28.5 Å². The fraction of sp³-hybridized carbons (Fsp3) is 0.706. The lowest BCUT2D eigenvalue weighted by molar-refractivity contribution is -0.154. The van der Waals surface area contributed by atoms with Crippen molar-refractivity contribution in [2.75, 3.05) is 32.9 Å². The van der Waals surface area contributed by atoms with Crippen LogP contribution in [0, 0.1) is 11.8 Å². The predicted molar refractivity (Wildman–Crippen MR) is 162 cm³/mol. The quantitative estimate of drug-likeness (QED) is 0.162. The summed E-state index contributed by atoms with van der Waals surface area (Å²) in [6.07, 6.45) is 21.8. The zero-order chi connectivity index (χ0) is 29.7. The molecular formula is C34H51NO7. The van der Waals surface area contributed by atoms with Gasteiger partial charge in [0, 0.05) is 25.4 Å². The predicted octanol–water partition coefficient (Wildman–Crippen LogP) is 6.31. The average Bonchev–Trinajstić information content (AvgIpc) is 2.98. The summed E-state index contributed by atoms with van der Waals surface area (Å²) < 4.78 is 29.7. The average molecular weight is 586 g/mol. The Labute approximate surface area is 252 Å². The number of cyclic esters (lactones) is 1. The van der Waals surface area contributed by atoms with Crippen LogP contribution in [0.15, 0.2) is 48.1 Å². The lowest BCUT2D eigenvalue weighted by Gasteiger charge is -2.37. The lowest BCUT2D eigenvalue weighted by atomic mass is 9.90. The number of carbonyl (C=O) groups excluding carboxylic acids is 2. The maximum atomic E-state index is 13.1. The zero-order valence-corrected chi connectivity index (χ0v) is 25.8. The lowest BCUT2D eigenvalue weighted by Crippen LogP contribution is -2.41. The monoisotopic (exact) mass is 585 g/mol. The Balaban J connectivity index is 1.37. The van der Waals surface area contributed by atoms with Gasteiger partial charge in [0.2, 0.25) is 0 Å². The highest BCUT2D eigenvalue weighted by Crippen LogP contribution is 2.33. The molecule has 0 radical (unpaired) electrons. The van der Waals surface area contributed by atoms with Crippen molar-refractivity contribution in [1.82, 2.24) is 4.90 Å². The van der Waals surface area contributed by atoms with Crippen molar-refractivity contribution < 1.29 is 33.3 Å². The summed E-state index contributed by atoms with van der Waals surface area (Å²) >= 11 is 0. The van der Waals surface area contributed by atoms with E-state index in [1.165, 1.54) is 12.0 Å². The highest BCUT2D eigenvalue weighted by atomic mass is 16.6. The molecular weight excluding hydrogens is 534 g/mol. The zero-order valence-electron chi connectivity index (χ0n) is 25.8. The first-order chi connectivity index (χ1) is 20.4. The molecule has 234 valence electrons. The second-order valence-electron chi connectivity index (χ2n) is 12.2. The number of fused-ring (bicyclic) bond motifs is 4. The van der Waals surface area contributed by atoms with E-state index in [1.807, 2.05) is 24.3 Å². The van der Waals surface area contributed by atoms with Gasteiger partial charge in [-0.1, -0.05) is 55.9 Å². The Morgan fingerprint density at radius 2 is 1.71 bits per heavy atom. The molecule has 1 amide bonds. The maximum absolute atomic E-state index is 13.1. The van der Waals surface area contributed by atoms with Gasteiger partial charge in [-0.3, -0.25) is 4.79 Å². The van der Waals surface area contributed by atoms with E-state index in [9.17, 15) is 9.59 Å². The number of morpholine rings is 1. The highest BCUT2D eigenvalue weighted by molar-refractivity contribution is 5.70. The van der Waals surface area contributed by atoms with E-state index < -0.39 is 6.10 Å². The van der Waals surface area contributed by atoms with Crippen molar-refractivity contribution in [2.45, 2.75) is 109 Å². The Bertz CT molecular complexity index is 982. The normalized spacial score (nSPS) is 34.5. The molecule has 7 unspecified atom stereocenters. The molecule has 0 aliphatic carbocycles. The summed E-state index contributed by atoms with van der Waals surface area (Å²) in [6.45, 7) is 8.96. The van der Waals surface area contributed by atoms with Gasteiger partial charge in [0.15, 0.2) is 0 Å². The van der Waals surface area contributed by atoms with Crippen LogP contribution < -0.4 is 0 Å². The Kier molecular flexibility index (Phi) is 13.2. The number of carbonyl (C=O) groups is 2. The van der Waals surface area contributed by atoms with Crippen molar-refractivity contribution in [2.24, 2.45) is 11.8 Å². The van der Waals surface area contributed by atoms with Crippen molar-refractivity contribution in [1.29, 1.82) is 0 Å². The summed E-state index contributed by atoms with van der Waals surface area (Å²) in [7, 11) is 0. The summed E-state index contributed by atoms with van der Waals surface area (Å²) in [5, 5.41) is 0. The summed E-state index contributed by atoms with van der Waals surface area (Å²) in [5.74, 6) is 0.142. The topological polar surface area (TPSA) is 83.5 Å². The van der Waals surface area contributed by atoms with E-state index in [0.717, 1.165) is 38.5 Å². The van der Waals surface area contributed by atoms with Crippen LogP contribution in [0.4, 0.5) is 4.79 Å². The Morgan fingerprint density at radius 1 is 0.976 bits per heavy atom. The van der Waals surface area contributed by atoms with Gasteiger partial charge < -0.3 is 28.6 Å². The molecule has 3 saturated heterocycles. The van der Waals surface area contributed by atoms with Gasteiger partial charge in [-0.15, -0.1) is 0 Å². The molecule has 4 heterocycles. The van der Waals surface area contributed by atoms with E-state index in [4.69, 9.17) is 23.7 Å². The number of allylic oxidation sites excluding steroid dienone is 4. The standard InChI is InChI=1S/C34H51NO7/c1-4-27-21-30-23-29-11-9-10-28(40-29)20-25(2)13-14-26(3)32(42-33(36)24-31(22-27)41-30)12-7-5-6-8-17-39-34(37)35-15-18-38-19-16-35/h4-7,12-14,25-26,28-32H,8-11,15-24H2,1-3H3. The van der Waals surface area contributed by atoms with E-state index in [1.54, 1.807) is 4.90 Å². The smallest absolute Gasteiger partial charge is 0.409 e. The summed E-state index contributed by atoms with van der Waals surface area (Å²) in [5.41, 5.74) is 1.35. The van der Waals surface area contributed by atoms with Crippen molar-refractivity contribution in [3.8, 4) is 0 Å². The molecule has 0 aromatic carbocycles. The number of amides is 1. The minimum absolute atomic E-state index is 0.00887. The molecule has 0 spiro atoms. The SMILES string of the molecule is CC=C1CC2CC(=O)OC(C=CC=CCCOC(=O)N3CCOCC3)C(C)C=CC(C)CC3CCCC(CC(C1)O2)O3. The fourth-order valence-corrected chi connectivity index (χ4v) is 6.23. The van der Waals surface area contributed by atoms with Crippen LogP contribution in [0.2, 0.25) is 0 Å². The Hall–Kier alpha value is -2.42. The number of hydrogen-bond donors (Lipinski definition) is 0. The number of hydrogen-bond acceptors (Lipinski definition) is 7. The van der Waals surface area contributed by atoms with Crippen molar-refractivity contribution >= 4 is 12.1 Å². The summed E-state index contributed by atoms with van der Waals surface area (Å²) in [6, 6.07) is 0. The van der Waals surface area contributed by atoms with Gasteiger partial charge in [-0.2, -0.15) is 0 Å². The third kappa shape index (κ3) is 10.7. The van der Waals surface area contributed by atoms with E-state index in [-0.39, 0.29) is 48.8 Å². The number of nitrogens with zero attached hydrogens (tertiary/aromatic N) is 1. The highest BCUT2D eigenvalue weighted by Gasteiger charge is 2.32. The molecule has 7 atom stereocenters. The van der Waals surface area contributed by atoms with Crippen molar-refractivity contribution in [3.63, 3.8) is 0 Å². The van der Waals surface area contributed by atoms with Crippen LogP contribution >= 0.6 is 0 Å². The van der Waals surface area contributed by atoms with E-state index in [0.29, 0.717) is 45.2 Å². The molecule has 0 aromatic rings. The molecule has 0 saturated carbocycles. The van der Waals surface area contributed by atoms with Crippen LogP contribution in [0.3, 0.4) is 0 Å². The molecule has 0 N–H and O–H groups in total. The molecule has 3 fully saturated rings. The summed E-state index contributed by atoms with van der Waals surface area (Å²) in [4.78, 5) is 26.9. The molecule has 8 nitrogen and oxygen atoms in total.